The van der Waals surface area contributed by atoms with E-state index in [9.17, 15) is 5.11 Å². The van der Waals surface area contributed by atoms with Gasteiger partial charge in [-0.05, 0) is 53.7 Å². The highest BCUT2D eigenvalue weighted by Crippen LogP contribution is 2.59. The first-order valence-corrected chi connectivity index (χ1v) is 11.2. The van der Waals surface area contributed by atoms with Crippen LogP contribution in [-0.2, 0) is 20.6 Å². The van der Waals surface area contributed by atoms with Crippen molar-refractivity contribution in [1.82, 2.24) is 0 Å². The zero-order chi connectivity index (χ0) is 21.5. The van der Waals surface area contributed by atoms with Crippen molar-refractivity contribution in [3.05, 3.63) is 59.4 Å². The van der Waals surface area contributed by atoms with Crippen LogP contribution in [0.2, 0.25) is 0 Å². The summed E-state index contributed by atoms with van der Waals surface area (Å²) in [7, 11) is 3.30. The lowest BCUT2D eigenvalue weighted by Crippen LogP contribution is -2.54. The molecule has 1 saturated carbocycles. The fourth-order valence-electron chi connectivity index (χ4n) is 5.97. The highest BCUT2D eigenvalue weighted by Gasteiger charge is 2.54. The summed E-state index contributed by atoms with van der Waals surface area (Å²) in [5, 5.41) is 10.9. The summed E-state index contributed by atoms with van der Waals surface area (Å²) in [5.74, 6) is 0.844. The van der Waals surface area contributed by atoms with E-state index in [-0.39, 0.29) is 11.8 Å². The van der Waals surface area contributed by atoms with E-state index in [1.54, 1.807) is 20.3 Å². The van der Waals surface area contributed by atoms with E-state index >= 15 is 0 Å². The number of allylic oxidation sites excluding steroid dienone is 1. The lowest BCUT2D eigenvalue weighted by molar-refractivity contribution is -0.260. The molecule has 0 aliphatic heterocycles. The van der Waals surface area contributed by atoms with Crippen molar-refractivity contribution in [3.63, 3.8) is 0 Å². The number of aliphatic hydroxyl groups is 1. The van der Waals surface area contributed by atoms with Crippen LogP contribution < -0.4 is 0 Å². The number of rotatable bonds is 7. The van der Waals surface area contributed by atoms with E-state index in [4.69, 9.17) is 14.2 Å². The van der Waals surface area contributed by atoms with Gasteiger partial charge in [0, 0.05) is 18.9 Å². The lowest BCUT2D eigenvalue weighted by atomic mass is 9.49. The Hall–Kier alpha value is -1.62. The Kier molecular flexibility index (Phi) is 5.86. The topological polar surface area (TPSA) is 47.9 Å². The molecule has 1 aromatic rings. The van der Waals surface area contributed by atoms with Gasteiger partial charge in [0.15, 0.2) is 5.76 Å². The molecule has 1 N–H and O–H groups in total. The van der Waals surface area contributed by atoms with Gasteiger partial charge in [-0.3, -0.25) is 0 Å². The number of hydrogen-bond donors (Lipinski definition) is 1. The highest BCUT2D eigenvalue weighted by molar-refractivity contribution is 5.25. The largest absolute Gasteiger partial charge is 0.496 e. The molecule has 0 amide bonds. The third kappa shape index (κ3) is 3.43. The summed E-state index contributed by atoms with van der Waals surface area (Å²) in [4.78, 5) is 0. The number of fused-ring (bicyclic) bond motifs is 1. The van der Waals surface area contributed by atoms with Gasteiger partial charge in [0.05, 0.1) is 19.8 Å². The van der Waals surface area contributed by atoms with Crippen LogP contribution in [0, 0.1) is 29.1 Å². The summed E-state index contributed by atoms with van der Waals surface area (Å²) in [5.41, 5.74) is 2.94. The van der Waals surface area contributed by atoms with Gasteiger partial charge in [0.2, 0.25) is 5.79 Å². The molecule has 0 radical (unpaired) electrons. The molecule has 5 rings (SSSR count). The number of methoxy groups -OCH3 is 2. The molecule has 164 valence electrons. The van der Waals surface area contributed by atoms with Gasteiger partial charge in [-0.1, -0.05) is 57.2 Å². The maximum atomic E-state index is 10.9. The Morgan fingerprint density at radius 1 is 1.13 bits per heavy atom. The molecule has 4 unspecified atom stereocenters. The number of ether oxygens (including phenoxy) is 3. The molecule has 2 bridgehead atoms. The summed E-state index contributed by atoms with van der Waals surface area (Å²) in [6.07, 6.45) is 6.69. The van der Waals surface area contributed by atoms with Crippen LogP contribution in [0.5, 0.6) is 0 Å². The van der Waals surface area contributed by atoms with E-state index in [1.165, 1.54) is 17.6 Å². The first-order valence-electron chi connectivity index (χ1n) is 11.2. The standard InChI is InChI=1S/C26H36O4/c1-17-21(13-18-9-7-6-8-10-18)23(27)15-24(28-4)26(17,29-5)30-16-19-11-12-20-14-22(19)25(20,2)3/h6-11,15,17,20-23,27H,12-14,16H2,1-5H3/t17?,20-,21?,22-,23?,26?/m0/s1. The van der Waals surface area contributed by atoms with Crippen LogP contribution in [0.4, 0.5) is 0 Å². The average Bonchev–Trinajstić information content (AvgIpc) is 2.76. The van der Waals surface area contributed by atoms with Crippen LogP contribution in [0.1, 0.15) is 39.2 Å². The fraction of sp³-hybridized carbons (Fsp3) is 0.615. The Morgan fingerprint density at radius 2 is 1.87 bits per heavy atom. The Morgan fingerprint density at radius 3 is 2.47 bits per heavy atom. The second-order valence-corrected chi connectivity index (χ2v) is 9.85. The summed E-state index contributed by atoms with van der Waals surface area (Å²) < 4.78 is 18.3. The first-order chi connectivity index (χ1) is 14.3. The minimum Gasteiger partial charge on any atom is -0.496 e. The summed E-state index contributed by atoms with van der Waals surface area (Å²) >= 11 is 0. The Bertz CT molecular complexity index is 812. The van der Waals surface area contributed by atoms with Crippen molar-refractivity contribution in [1.29, 1.82) is 0 Å². The molecule has 0 aromatic heterocycles. The molecular formula is C26H36O4. The third-order valence-electron chi connectivity index (χ3n) is 8.22. The SMILES string of the molecule is COC1=CC(O)C(Cc2ccccc2)C(C)C1(OC)OCC1=CC[C@H]2C[C@@H]1C2(C)C. The third-order valence-corrected chi connectivity index (χ3v) is 8.22. The second-order valence-electron chi connectivity index (χ2n) is 9.85. The maximum absolute atomic E-state index is 10.9. The average molecular weight is 413 g/mol. The van der Waals surface area contributed by atoms with Gasteiger partial charge in [0.1, 0.15) is 0 Å². The molecule has 4 aliphatic carbocycles. The van der Waals surface area contributed by atoms with Crippen molar-refractivity contribution in [2.75, 3.05) is 20.8 Å². The van der Waals surface area contributed by atoms with Gasteiger partial charge in [-0.2, -0.15) is 0 Å². The van der Waals surface area contributed by atoms with Crippen molar-refractivity contribution < 1.29 is 19.3 Å². The first kappa shape index (κ1) is 21.6. The van der Waals surface area contributed by atoms with Crippen molar-refractivity contribution in [2.45, 2.75) is 51.9 Å². The van der Waals surface area contributed by atoms with Gasteiger partial charge in [-0.15, -0.1) is 0 Å². The van der Waals surface area contributed by atoms with Crippen LogP contribution in [0.3, 0.4) is 0 Å². The van der Waals surface area contributed by atoms with E-state index in [0.29, 0.717) is 23.7 Å². The zero-order valence-corrected chi connectivity index (χ0v) is 18.9. The van der Waals surface area contributed by atoms with Crippen molar-refractivity contribution in [3.8, 4) is 0 Å². The molecule has 6 atom stereocenters. The molecule has 0 spiro atoms. The van der Waals surface area contributed by atoms with Gasteiger partial charge >= 0.3 is 0 Å². The number of aliphatic hydroxyl groups excluding tert-OH is 1. The number of benzene rings is 1. The van der Waals surface area contributed by atoms with E-state index in [0.717, 1.165) is 18.8 Å². The lowest BCUT2D eigenvalue weighted by Gasteiger charge is -2.57. The van der Waals surface area contributed by atoms with Gasteiger partial charge in [0.25, 0.3) is 0 Å². The Balaban J connectivity index is 1.57. The second kappa shape index (κ2) is 8.14. The van der Waals surface area contributed by atoms with E-state index in [2.05, 4.69) is 39.0 Å². The predicted octanol–water partition coefficient (Wildman–Crippen LogP) is 4.74. The van der Waals surface area contributed by atoms with Crippen LogP contribution in [0.25, 0.3) is 0 Å². The quantitative estimate of drug-likeness (QED) is 0.519. The molecule has 0 heterocycles. The van der Waals surface area contributed by atoms with Crippen molar-refractivity contribution in [2.24, 2.45) is 29.1 Å². The maximum Gasteiger partial charge on any atom is 0.230 e. The van der Waals surface area contributed by atoms with E-state index < -0.39 is 11.9 Å². The minimum atomic E-state index is -1.00. The van der Waals surface area contributed by atoms with E-state index in [1.807, 2.05) is 18.2 Å². The molecule has 1 aromatic carbocycles. The highest BCUT2D eigenvalue weighted by atomic mass is 16.7. The molecule has 30 heavy (non-hydrogen) atoms. The molecule has 0 saturated heterocycles. The fourth-order valence-corrected chi connectivity index (χ4v) is 5.97. The van der Waals surface area contributed by atoms with Crippen LogP contribution in [-0.4, -0.2) is 37.8 Å². The normalized spacial score (nSPS) is 37.1. The van der Waals surface area contributed by atoms with Gasteiger partial charge in [-0.25, -0.2) is 0 Å². The molecule has 4 heteroatoms. The molecule has 4 aliphatic rings. The zero-order valence-electron chi connectivity index (χ0n) is 18.9. The summed E-state index contributed by atoms with van der Waals surface area (Å²) in [6, 6.07) is 10.3. The monoisotopic (exact) mass is 412 g/mol. The van der Waals surface area contributed by atoms with Crippen LogP contribution in [0.15, 0.2) is 53.8 Å². The van der Waals surface area contributed by atoms with Crippen molar-refractivity contribution >= 4 is 0 Å². The predicted molar refractivity (Wildman–Crippen MR) is 118 cm³/mol. The summed E-state index contributed by atoms with van der Waals surface area (Å²) in [6.45, 7) is 7.39. The smallest absolute Gasteiger partial charge is 0.230 e. The molecule has 4 nitrogen and oxygen atoms in total. The molecular weight excluding hydrogens is 376 g/mol. The van der Waals surface area contributed by atoms with Crippen LogP contribution >= 0.6 is 0 Å². The van der Waals surface area contributed by atoms with Gasteiger partial charge < -0.3 is 19.3 Å². The number of hydrogen-bond acceptors (Lipinski definition) is 4. The molecule has 1 fully saturated rings. The minimum absolute atomic E-state index is 0.0314. The Labute approximate surface area is 180 Å².